The number of rotatable bonds is 8. The molecule has 0 radical (unpaired) electrons. The summed E-state index contributed by atoms with van der Waals surface area (Å²) in [7, 11) is 1.60. The first-order chi connectivity index (χ1) is 16.1. The smallest absolute Gasteiger partial charge is 0.338 e. The van der Waals surface area contributed by atoms with Gasteiger partial charge in [0.15, 0.2) is 0 Å². The highest BCUT2D eigenvalue weighted by Crippen LogP contribution is 2.30. The van der Waals surface area contributed by atoms with Crippen LogP contribution in [0, 0.1) is 0 Å². The maximum Gasteiger partial charge on any atom is 0.338 e. The van der Waals surface area contributed by atoms with Crippen LogP contribution >= 0.6 is 0 Å². The minimum absolute atomic E-state index is 0.256. The van der Waals surface area contributed by atoms with E-state index in [1.54, 1.807) is 14.0 Å². The lowest BCUT2D eigenvalue weighted by molar-refractivity contribution is -0.139. The molecule has 0 aromatic heterocycles. The third-order valence-electron chi connectivity index (χ3n) is 5.90. The van der Waals surface area contributed by atoms with Crippen LogP contribution in [-0.4, -0.2) is 56.3 Å². The van der Waals surface area contributed by atoms with Crippen LogP contribution in [0.2, 0.25) is 0 Å². The van der Waals surface area contributed by atoms with Gasteiger partial charge in [0.2, 0.25) is 0 Å². The van der Waals surface area contributed by atoms with Gasteiger partial charge in [0.1, 0.15) is 5.75 Å². The van der Waals surface area contributed by atoms with Crippen molar-refractivity contribution in [3.05, 3.63) is 71.4 Å². The van der Waals surface area contributed by atoms with Crippen LogP contribution in [0.4, 0.5) is 10.5 Å². The molecule has 1 fully saturated rings. The number of hydrogen-bond acceptors (Lipinski definition) is 6. The summed E-state index contributed by atoms with van der Waals surface area (Å²) in [6.07, 6.45) is 0.977. The Morgan fingerprint density at radius 3 is 2.61 bits per heavy atom. The van der Waals surface area contributed by atoms with Crippen molar-refractivity contribution in [3.8, 4) is 5.75 Å². The lowest BCUT2D eigenvalue weighted by Gasteiger charge is -2.31. The van der Waals surface area contributed by atoms with Crippen LogP contribution < -0.4 is 20.7 Å². The number of urea groups is 1. The first-order valence-corrected chi connectivity index (χ1v) is 11.2. The van der Waals surface area contributed by atoms with Crippen molar-refractivity contribution >= 4 is 17.7 Å². The molecule has 8 heteroatoms. The normalized spacial score (nSPS) is 20.7. The van der Waals surface area contributed by atoms with E-state index < -0.39 is 12.0 Å². The van der Waals surface area contributed by atoms with E-state index in [2.05, 4.69) is 33.0 Å². The van der Waals surface area contributed by atoms with Gasteiger partial charge in [0, 0.05) is 37.1 Å². The molecule has 2 amide bonds. The molecule has 33 heavy (non-hydrogen) atoms. The Kier molecular flexibility index (Phi) is 7.14. The fraction of sp³-hybridized carbons (Fsp3) is 0.360. The minimum Gasteiger partial charge on any atom is -0.497 e. The van der Waals surface area contributed by atoms with Crippen LogP contribution in [0.15, 0.2) is 65.9 Å². The summed E-state index contributed by atoms with van der Waals surface area (Å²) in [4.78, 5) is 27.7. The SMILES string of the molecule is CCOC(=O)C1=C(CN2CCC(Nc3ccccc3)C2)NC(=O)NC1c1ccc(OC)cc1. The predicted octanol–water partition coefficient (Wildman–Crippen LogP) is 3.05. The topological polar surface area (TPSA) is 91.9 Å². The molecule has 0 bridgehead atoms. The second kappa shape index (κ2) is 10.4. The average molecular weight is 451 g/mol. The van der Waals surface area contributed by atoms with Gasteiger partial charge in [-0.25, -0.2) is 9.59 Å². The lowest BCUT2D eigenvalue weighted by Crippen LogP contribution is -2.48. The van der Waals surface area contributed by atoms with E-state index in [0.717, 1.165) is 30.8 Å². The van der Waals surface area contributed by atoms with Gasteiger partial charge in [-0.05, 0) is 43.2 Å². The molecule has 2 aliphatic heterocycles. The van der Waals surface area contributed by atoms with Crippen LogP contribution in [0.3, 0.4) is 0 Å². The van der Waals surface area contributed by atoms with E-state index >= 15 is 0 Å². The minimum atomic E-state index is -0.598. The number of carbonyl (C=O) groups is 2. The van der Waals surface area contributed by atoms with Gasteiger partial charge < -0.3 is 25.4 Å². The average Bonchev–Trinajstić information content (AvgIpc) is 3.26. The summed E-state index contributed by atoms with van der Waals surface area (Å²) < 4.78 is 10.6. The summed E-state index contributed by atoms with van der Waals surface area (Å²) in [5.74, 6) is 0.272. The first-order valence-electron chi connectivity index (χ1n) is 11.2. The molecule has 174 valence electrons. The molecule has 2 aliphatic rings. The van der Waals surface area contributed by atoms with Crippen LogP contribution in [0.25, 0.3) is 0 Å². The summed E-state index contributed by atoms with van der Waals surface area (Å²) in [5, 5.41) is 9.29. The van der Waals surface area contributed by atoms with Gasteiger partial charge in [0.05, 0.1) is 25.3 Å². The van der Waals surface area contributed by atoms with E-state index in [0.29, 0.717) is 29.6 Å². The van der Waals surface area contributed by atoms with E-state index in [1.165, 1.54) is 0 Å². The highest BCUT2D eigenvalue weighted by molar-refractivity contribution is 5.95. The molecule has 2 atom stereocenters. The van der Waals surface area contributed by atoms with E-state index in [4.69, 9.17) is 9.47 Å². The molecule has 2 heterocycles. The molecule has 8 nitrogen and oxygen atoms in total. The largest absolute Gasteiger partial charge is 0.497 e. The summed E-state index contributed by atoms with van der Waals surface area (Å²) in [6, 6.07) is 16.8. The number of nitrogens with zero attached hydrogens (tertiary/aromatic N) is 1. The second-order valence-electron chi connectivity index (χ2n) is 8.15. The number of benzene rings is 2. The summed E-state index contributed by atoms with van der Waals surface area (Å²) in [5.41, 5.74) is 2.89. The van der Waals surface area contributed by atoms with Crippen LogP contribution in [0.1, 0.15) is 24.9 Å². The van der Waals surface area contributed by atoms with Crippen molar-refractivity contribution in [1.29, 1.82) is 0 Å². The molecule has 1 saturated heterocycles. The number of para-hydroxylation sites is 1. The van der Waals surface area contributed by atoms with Crippen molar-refractivity contribution in [2.75, 3.05) is 38.7 Å². The Labute approximate surface area is 193 Å². The Bertz CT molecular complexity index is 1010. The molecule has 2 unspecified atom stereocenters. The zero-order chi connectivity index (χ0) is 23.2. The third-order valence-corrected chi connectivity index (χ3v) is 5.90. The predicted molar refractivity (Wildman–Crippen MR) is 126 cm³/mol. The molecule has 2 aromatic carbocycles. The molecule has 0 spiro atoms. The molecular formula is C25H30N4O4. The number of hydrogen-bond donors (Lipinski definition) is 3. The molecule has 4 rings (SSSR count). The number of anilines is 1. The molecule has 2 aromatic rings. The number of nitrogens with one attached hydrogen (secondary N) is 3. The molecule has 3 N–H and O–H groups in total. The van der Waals surface area contributed by atoms with Crippen molar-refractivity contribution in [3.63, 3.8) is 0 Å². The van der Waals surface area contributed by atoms with Gasteiger partial charge in [-0.15, -0.1) is 0 Å². The third kappa shape index (κ3) is 5.46. The summed E-state index contributed by atoms with van der Waals surface area (Å²) >= 11 is 0. The Balaban J connectivity index is 1.55. The number of likely N-dealkylation sites (tertiary alicyclic amines) is 1. The maximum atomic E-state index is 13.0. The lowest BCUT2D eigenvalue weighted by atomic mass is 9.95. The van der Waals surface area contributed by atoms with Gasteiger partial charge in [-0.2, -0.15) is 0 Å². The quantitative estimate of drug-likeness (QED) is 0.536. The van der Waals surface area contributed by atoms with Crippen LogP contribution in [-0.2, 0) is 9.53 Å². The molecule has 0 saturated carbocycles. The number of methoxy groups -OCH3 is 1. The fourth-order valence-corrected chi connectivity index (χ4v) is 4.33. The van der Waals surface area contributed by atoms with Crippen molar-refractivity contribution in [2.24, 2.45) is 0 Å². The number of amides is 2. The summed E-state index contributed by atoms with van der Waals surface area (Å²) in [6.45, 7) is 4.16. The standard InChI is InChI=1S/C25H30N4O4/c1-3-33-24(30)22-21(16-29-14-13-19(15-29)26-18-7-5-4-6-8-18)27-25(31)28-23(22)17-9-11-20(32-2)12-10-17/h4-12,19,23,26H,3,13-16H2,1-2H3,(H2,27,28,31). The van der Waals surface area contributed by atoms with E-state index in [-0.39, 0.29) is 12.6 Å². The highest BCUT2D eigenvalue weighted by atomic mass is 16.5. The Morgan fingerprint density at radius 2 is 1.91 bits per heavy atom. The van der Waals surface area contributed by atoms with Gasteiger partial charge in [0.25, 0.3) is 0 Å². The number of esters is 1. The van der Waals surface area contributed by atoms with Gasteiger partial charge in [-0.3, -0.25) is 4.90 Å². The number of carbonyl (C=O) groups excluding carboxylic acids is 2. The van der Waals surface area contributed by atoms with Crippen molar-refractivity contribution in [2.45, 2.75) is 25.4 Å². The zero-order valence-corrected chi connectivity index (χ0v) is 19.0. The van der Waals surface area contributed by atoms with E-state index in [9.17, 15) is 9.59 Å². The Hall–Kier alpha value is -3.52. The molecular weight excluding hydrogens is 420 g/mol. The van der Waals surface area contributed by atoms with Gasteiger partial charge >= 0.3 is 12.0 Å². The maximum absolute atomic E-state index is 13.0. The first kappa shape index (κ1) is 22.7. The number of ether oxygens (including phenoxy) is 2. The van der Waals surface area contributed by atoms with Crippen molar-refractivity contribution in [1.82, 2.24) is 15.5 Å². The Morgan fingerprint density at radius 1 is 1.15 bits per heavy atom. The zero-order valence-electron chi connectivity index (χ0n) is 19.0. The molecule has 0 aliphatic carbocycles. The second-order valence-corrected chi connectivity index (χ2v) is 8.15. The van der Waals surface area contributed by atoms with Crippen LogP contribution in [0.5, 0.6) is 5.75 Å². The van der Waals surface area contributed by atoms with E-state index in [1.807, 2.05) is 42.5 Å². The van der Waals surface area contributed by atoms with Gasteiger partial charge in [-0.1, -0.05) is 30.3 Å². The fourth-order valence-electron chi connectivity index (χ4n) is 4.33. The van der Waals surface area contributed by atoms with Crippen molar-refractivity contribution < 1.29 is 19.1 Å². The monoisotopic (exact) mass is 450 g/mol. The highest BCUT2D eigenvalue weighted by Gasteiger charge is 2.35.